The van der Waals surface area contributed by atoms with Gasteiger partial charge in [-0.25, -0.2) is 4.40 Å². The number of aryl methyl sites for hydroxylation is 1. The molecule has 1 heterocycles. The Morgan fingerprint density at radius 3 is 2.51 bits per heavy atom. The highest BCUT2D eigenvalue weighted by atomic mass is 35.5. The molecule has 4 nitrogen and oxygen atoms in total. The molecule has 3 rings (SSSR count). The molecule has 0 aromatic heterocycles. The molecular weight excluding hydrogens is 518 g/mol. The zero-order valence-corrected chi connectivity index (χ0v) is 21.0. The number of amides is 1. The van der Waals surface area contributed by atoms with Gasteiger partial charge in [0.2, 0.25) is 0 Å². The fourth-order valence-corrected chi connectivity index (χ4v) is 5.04. The van der Waals surface area contributed by atoms with Crippen molar-refractivity contribution in [3.8, 4) is 0 Å². The summed E-state index contributed by atoms with van der Waals surface area (Å²) in [5.74, 6) is -0.320. The summed E-state index contributed by atoms with van der Waals surface area (Å²) < 4.78 is 44.7. The summed E-state index contributed by atoms with van der Waals surface area (Å²) in [5.41, 5.74) is 7.66. The van der Waals surface area contributed by atoms with Gasteiger partial charge < -0.3 is 11.1 Å². The van der Waals surface area contributed by atoms with E-state index in [1.54, 1.807) is 43.4 Å². The minimum absolute atomic E-state index is 0.0600. The standard InChI is InChI=1S/C25H22Cl2F3N3OS/c1-15(5-3-4-8-31)14-32-23(34)21-7-6-17(9-16(21)2)22-13-24(35-33-22,25(28,29)30)18-10-19(26)12-20(27)11-18/h3-12H,1,13-14,31H2,2H3,(H,32,34)/b5-3-,8-4-. The molecule has 0 fully saturated rings. The van der Waals surface area contributed by atoms with Crippen LogP contribution in [-0.2, 0) is 4.75 Å². The van der Waals surface area contributed by atoms with Crippen molar-refractivity contribution in [2.24, 2.45) is 10.1 Å². The average molecular weight is 540 g/mol. The molecule has 1 amide bonds. The Morgan fingerprint density at radius 2 is 1.91 bits per heavy atom. The van der Waals surface area contributed by atoms with Gasteiger partial charge in [0.25, 0.3) is 5.91 Å². The number of halogens is 5. The van der Waals surface area contributed by atoms with Gasteiger partial charge in [-0.15, -0.1) is 0 Å². The normalized spacial score (nSPS) is 18.3. The molecule has 0 saturated heterocycles. The van der Waals surface area contributed by atoms with Crippen LogP contribution in [-0.4, -0.2) is 24.3 Å². The van der Waals surface area contributed by atoms with Crippen LogP contribution in [0.4, 0.5) is 13.2 Å². The molecule has 1 unspecified atom stereocenters. The number of allylic oxidation sites excluding steroid dienone is 2. The summed E-state index contributed by atoms with van der Waals surface area (Å²) in [4.78, 5) is 12.6. The monoisotopic (exact) mass is 539 g/mol. The van der Waals surface area contributed by atoms with Crippen molar-refractivity contribution in [3.63, 3.8) is 0 Å². The van der Waals surface area contributed by atoms with Gasteiger partial charge in [-0.1, -0.05) is 48.0 Å². The maximum atomic E-state index is 14.3. The highest BCUT2D eigenvalue weighted by Crippen LogP contribution is 2.57. The SMILES string of the molecule is C=C(/C=C\C=C/N)CNC(=O)c1ccc(C2=NSC(c3cc(Cl)cc(Cl)c3)(C(F)(F)F)C2)cc1C. The molecule has 1 aliphatic rings. The lowest BCUT2D eigenvalue weighted by atomic mass is 9.89. The van der Waals surface area contributed by atoms with Crippen molar-refractivity contribution < 1.29 is 18.0 Å². The first-order chi connectivity index (χ1) is 16.5. The summed E-state index contributed by atoms with van der Waals surface area (Å²) in [6.45, 7) is 5.80. The van der Waals surface area contributed by atoms with Crippen LogP contribution in [0.2, 0.25) is 10.0 Å². The van der Waals surface area contributed by atoms with Gasteiger partial charge in [-0.2, -0.15) is 13.2 Å². The molecule has 0 aliphatic carbocycles. The Kier molecular flexibility index (Phi) is 8.41. The van der Waals surface area contributed by atoms with E-state index in [0.29, 0.717) is 34.2 Å². The van der Waals surface area contributed by atoms with Crippen LogP contribution < -0.4 is 11.1 Å². The number of hydrogen-bond donors (Lipinski definition) is 2. The van der Waals surface area contributed by atoms with E-state index in [4.69, 9.17) is 28.9 Å². The second kappa shape index (κ2) is 10.9. The number of benzene rings is 2. The van der Waals surface area contributed by atoms with Crippen LogP contribution in [0.5, 0.6) is 0 Å². The smallest absolute Gasteiger partial charge is 0.405 e. The van der Waals surface area contributed by atoms with Crippen LogP contribution in [0.25, 0.3) is 0 Å². The minimum Gasteiger partial charge on any atom is -0.405 e. The van der Waals surface area contributed by atoms with Gasteiger partial charge in [0.15, 0.2) is 4.75 Å². The summed E-state index contributed by atoms with van der Waals surface area (Å²) in [7, 11) is 0. The molecule has 1 aliphatic heterocycles. The summed E-state index contributed by atoms with van der Waals surface area (Å²) in [6, 6.07) is 8.74. The van der Waals surface area contributed by atoms with E-state index in [1.165, 1.54) is 24.4 Å². The molecule has 2 aromatic rings. The molecule has 184 valence electrons. The van der Waals surface area contributed by atoms with E-state index in [0.717, 1.165) is 0 Å². The van der Waals surface area contributed by atoms with Gasteiger partial charge in [0.05, 0.1) is 5.71 Å². The van der Waals surface area contributed by atoms with Gasteiger partial charge in [0, 0.05) is 28.6 Å². The first kappa shape index (κ1) is 26.9. The van der Waals surface area contributed by atoms with Gasteiger partial charge >= 0.3 is 6.18 Å². The third kappa shape index (κ3) is 6.12. The van der Waals surface area contributed by atoms with Crippen molar-refractivity contribution in [1.29, 1.82) is 0 Å². The predicted molar refractivity (Wildman–Crippen MR) is 138 cm³/mol. The van der Waals surface area contributed by atoms with Crippen molar-refractivity contribution in [2.75, 3.05) is 6.54 Å². The Bertz CT molecular complexity index is 1220. The van der Waals surface area contributed by atoms with Crippen molar-refractivity contribution >= 4 is 46.8 Å². The third-order valence-corrected chi connectivity index (χ3v) is 7.02. The highest BCUT2D eigenvalue weighted by molar-refractivity contribution is 7.99. The van der Waals surface area contributed by atoms with E-state index in [1.807, 2.05) is 0 Å². The molecule has 10 heteroatoms. The Morgan fingerprint density at radius 1 is 1.23 bits per heavy atom. The van der Waals surface area contributed by atoms with Crippen LogP contribution in [0, 0.1) is 6.92 Å². The van der Waals surface area contributed by atoms with Crippen LogP contribution >= 0.6 is 35.1 Å². The maximum Gasteiger partial charge on any atom is 0.409 e. The predicted octanol–water partition coefficient (Wildman–Crippen LogP) is 6.92. The molecule has 0 bridgehead atoms. The fourth-order valence-electron chi connectivity index (χ4n) is 3.55. The maximum absolute atomic E-state index is 14.3. The second-order valence-corrected chi connectivity index (χ2v) is 9.84. The topological polar surface area (TPSA) is 67.5 Å². The number of nitrogens with one attached hydrogen (secondary N) is 1. The van der Waals surface area contributed by atoms with Crippen LogP contribution in [0.3, 0.4) is 0 Å². The van der Waals surface area contributed by atoms with Crippen LogP contribution in [0.15, 0.2) is 77.4 Å². The van der Waals surface area contributed by atoms with Crippen molar-refractivity contribution in [3.05, 3.63) is 105 Å². The average Bonchev–Trinajstić information content (AvgIpc) is 3.24. The lowest BCUT2D eigenvalue weighted by Gasteiger charge is -2.30. The highest BCUT2D eigenvalue weighted by Gasteiger charge is 2.60. The molecule has 1 atom stereocenters. The number of rotatable bonds is 7. The zero-order valence-electron chi connectivity index (χ0n) is 18.6. The third-order valence-electron chi connectivity index (χ3n) is 5.35. The number of carbonyl (C=O) groups is 1. The molecular formula is C25H22Cl2F3N3OS. The Balaban J connectivity index is 1.79. The summed E-state index contributed by atoms with van der Waals surface area (Å²) >= 11 is 12.4. The number of nitrogens with two attached hydrogens (primary N) is 1. The number of nitrogens with zero attached hydrogens (tertiary/aromatic N) is 1. The first-order valence-electron chi connectivity index (χ1n) is 10.4. The number of carbonyl (C=O) groups excluding carboxylic acids is 1. The quantitative estimate of drug-likeness (QED) is 0.296. The fraction of sp³-hybridized carbons (Fsp3) is 0.200. The summed E-state index contributed by atoms with van der Waals surface area (Å²) in [6.07, 6.45) is 1.43. The van der Waals surface area contributed by atoms with Gasteiger partial charge in [0.1, 0.15) is 0 Å². The van der Waals surface area contributed by atoms with E-state index >= 15 is 0 Å². The van der Waals surface area contributed by atoms with E-state index in [9.17, 15) is 18.0 Å². The van der Waals surface area contributed by atoms with Gasteiger partial charge in [-0.3, -0.25) is 4.79 Å². The van der Waals surface area contributed by atoms with E-state index in [2.05, 4.69) is 16.3 Å². The van der Waals surface area contributed by atoms with E-state index in [-0.39, 0.29) is 33.8 Å². The van der Waals surface area contributed by atoms with E-state index < -0.39 is 17.3 Å². The Hall–Kier alpha value is -2.68. The minimum atomic E-state index is -4.61. The summed E-state index contributed by atoms with van der Waals surface area (Å²) in [5, 5.41) is 3.00. The Labute approximate surface area is 215 Å². The molecule has 2 aromatic carbocycles. The number of alkyl halides is 3. The molecule has 35 heavy (non-hydrogen) atoms. The molecule has 0 saturated carbocycles. The largest absolute Gasteiger partial charge is 0.409 e. The molecule has 0 radical (unpaired) electrons. The van der Waals surface area contributed by atoms with Crippen molar-refractivity contribution in [2.45, 2.75) is 24.3 Å². The number of hydrogen-bond acceptors (Lipinski definition) is 4. The molecule has 0 spiro atoms. The first-order valence-corrected chi connectivity index (χ1v) is 11.9. The lowest BCUT2D eigenvalue weighted by molar-refractivity contribution is -0.159. The zero-order chi connectivity index (χ0) is 25.8. The van der Waals surface area contributed by atoms with Gasteiger partial charge in [-0.05, 0) is 83.7 Å². The van der Waals surface area contributed by atoms with Crippen molar-refractivity contribution in [1.82, 2.24) is 5.32 Å². The van der Waals surface area contributed by atoms with Crippen LogP contribution in [0.1, 0.15) is 33.5 Å². The molecule has 3 N–H and O–H groups in total. The second-order valence-electron chi connectivity index (χ2n) is 7.90. The lowest BCUT2D eigenvalue weighted by Crippen LogP contribution is -2.38.